The number of hydrogen-bond donors (Lipinski definition) is 4. The summed E-state index contributed by atoms with van der Waals surface area (Å²) in [5.41, 5.74) is 3.86. The Balaban J connectivity index is 0.860. The fraction of sp³-hybridized carbons (Fsp3) is 0.298. The first-order valence-electron chi connectivity index (χ1n) is 21.2. The zero-order chi connectivity index (χ0) is 44.9. The number of benzene rings is 4. The van der Waals surface area contributed by atoms with Gasteiger partial charge in [0.15, 0.2) is 0 Å². The van der Waals surface area contributed by atoms with Gasteiger partial charge in [-0.15, -0.1) is 11.6 Å². The largest absolute Gasteiger partial charge is 0.415 e. The van der Waals surface area contributed by atoms with Crippen LogP contribution in [-0.2, 0) is 19.2 Å². The average molecular weight is 887 g/mol. The van der Waals surface area contributed by atoms with Gasteiger partial charge < -0.3 is 40.4 Å². The minimum atomic E-state index is -0.435. The lowest BCUT2D eigenvalue weighted by atomic mass is 9.95. The molecule has 0 unspecified atom stereocenters. The number of amides is 7. The normalized spacial score (nSPS) is 16.1. The highest BCUT2D eigenvalue weighted by atomic mass is 35.5. The van der Waals surface area contributed by atoms with Crippen molar-refractivity contribution in [3.05, 3.63) is 108 Å². The van der Waals surface area contributed by atoms with Gasteiger partial charge in [0, 0.05) is 109 Å². The van der Waals surface area contributed by atoms with Crippen molar-refractivity contribution in [3.8, 4) is 5.75 Å². The molecule has 1 fully saturated rings. The second kappa shape index (κ2) is 19.1. The predicted molar refractivity (Wildman–Crippen MR) is 243 cm³/mol. The van der Waals surface area contributed by atoms with Crippen LogP contribution in [0.2, 0.25) is 0 Å². The Bertz CT molecular complexity index is 2670. The van der Waals surface area contributed by atoms with E-state index in [-0.39, 0.29) is 54.3 Å². The molecule has 3 aliphatic heterocycles. The summed E-state index contributed by atoms with van der Waals surface area (Å²) in [7, 11) is 2.02. The number of fused-ring (bicyclic) bond motifs is 4. The molecule has 0 radical (unpaired) electrons. The number of carbonyl (C=O) groups is 7. The quantitative estimate of drug-likeness (QED) is 0.0602. The van der Waals surface area contributed by atoms with Crippen molar-refractivity contribution in [2.24, 2.45) is 0 Å². The average Bonchev–Trinajstić information content (AvgIpc) is 3.99. The molecule has 5 aromatic rings. The maximum atomic E-state index is 14.3. The minimum Gasteiger partial charge on any atom is -0.409 e. The van der Waals surface area contributed by atoms with Crippen LogP contribution in [0, 0.1) is 0 Å². The number of aromatic nitrogens is 1. The van der Waals surface area contributed by atoms with E-state index in [0.29, 0.717) is 90.4 Å². The fourth-order valence-electron chi connectivity index (χ4n) is 8.20. The molecule has 17 heteroatoms. The van der Waals surface area contributed by atoms with Gasteiger partial charge in [-0.3, -0.25) is 33.7 Å². The molecule has 16 nitrogen and oxygen atoms in total. The van der Waals surface area contributed by atoms with Gasteiger partial charge in [0.25, 0.3) is 23.6 Å². The van der Waals surface area contributed by atoms with Gasteiger partial charge in [0.2, 0.25) is 11.8 Å². The van der Waals surface area contributed by atoms with Crippen LogP contribution in [0.4, 0.5) is 21.9 Å². The van der Waals surface area contributed by atoms with Gasteiger partial charge in [0.1, 0.15) is 11.4 Å². The summed E-state index contributed by atoms with van der Waals surface area (Å²) in [5, 5.41) is 10.5. The number of halogens is 1. The molecular weight excluding hydrogens is 840 g/mol. The Hall–Kier alpha value is -7.04. The summed E-state index contributed by atoms with van der Waals surface area (Å²) in [6.45, 7) is 3.03. The van der Waals surface area contributed by atoms with E-state index in [1.54, 1.807) is 64.4 Å². The molecule has 330 valence electrons. The molecule has 0 saturated carbocycles. The molecule has 8 rings (SSSR count). The molecule has 7 amide bonds. The molecule has 1 atom stereocenters. The summed E-state index contributed by atoms with van der Waals surface area (Å²) in [4.78, 5) is 98.7. The van der Waals surface area contributed by atoms with E-state index in [1.165, 1.54) is 12.2 Å². The summed E-state index contributed by atoms with van der Waals surface area (Å²) in [5.74, 6) is -1.55. The first-order valence-corrected chi connectivity index (χ1v) is 21.7. The van der Waals surface area contributed by atoms with E-state index >= 15 is 0 Å². The maximum absolute atomic E-state index is 14.3. The van der Waals surface area contributed by atoms with Gasteiger partial charge in [0.05, 0.1) is 12.2 Å². The SMILES string of the molecule is CN1CCN(C(=O)Oc2cc3c(c4ccccc24)[C@H](CCl)CN3C(=O)c2cc3cc(NC(=O)c4ccc(NC(=O)CNC(=O)CCCCCN5C(=O)C=CC5=O)cc4)ccc3[nH]2)CC1. The number of carbonyl (C=O) groups excluding carboxylic acids is 7. The zero-order valence-corrected chi connectivity index (χ0v) is 35.9. The first-order chi connectivity index (χ1) is 30.9. The molecule has 3 aliphatic rings. The number of nitrogens with zero attached hydrogens (tertiary/aromatic N) is 4. The van der Waals surface area contributed by atoms with Gasteiger partial charge in [-0.25, -0.2) is 4.79 Å². The zero-order valence-electron chi connectivity index (χ0n) is 35.2. The number of ether oxygens (including phenoxy) is 1. The van der Waals surface area contributed by atoms with Gasteiger partial charge in [-0.05, 0) is 79.4 Å². The lowest BCUT2D eigenvalue weighted by Crippen LogP contribution is -2.48. The van der Waals surface area contributed by atoms with Crippen LogP contribution < -0.4 is 25.6 Å². The van der Waals surface area contributed by atoms with E-state index in [2.05, 4.69) is 25.8 Å². The van der Waals surface area contributed by atoms with Crippen LogP contribution >= 0.6 is 11.6 Å². The highest BCUT2D eigenvalue weighted by molar-refractivity contribution is 6.19. The second-order valence-corrected chi connectivity index (χ2v) is 16.4. The number of piperazine rings is 1. The molecular formula is C47H47ClN8O8. The van der Waals surface area contributed by atoms with Gasteiger partial charge in [-0.1, -0.05) is 30.7 Å². The number of hydrogen-bond acceptors (Lipinski definition) is 9. The number of likely N-dealkylation sites (N-methyl/N-ethyl adjacent to an activating group) is 1. The highest BCUT2D eigenvalue weighted by Gasteiger charge is 2.36. The first kappa shape index (κ1) is 43.6. The number of aromatic amines is 1. The number of unbranched alkanes of at least 4 members (excludes halogenated alkanes) is 2. The summed E-state index contributed by atoms with van der Waals surface area (Å²) >= 11 is 6.52. The van der Waals surface area contributed by atoms with E-state index in [4.69, 9.17) is 16.3 Å². The summed E-state index contributed by atoms with van der Waals surface area (Å²) in [6, 6.07) is 22.8. The number of alkyl halides is 1. The van der Waals surface area contributed by atoms with Crippen LogP contribution in [0.15, 0.2) is 91.0 Å². The molecule has 1 saturated heterocycles. The molecule has 4 aromatic carbocycles. The molecule has 4 heterocycles. The van der Waals surface area contributed by atoms with Crippen LogP contribution in [0.25, 0.3) is 21.7 Å². The van der Waals surface area contributed by atoms with Crippen molar-refractivity contribution in [3.63, 3.8) is 0 Å². The third-order valence-electron chi connectivity index (χ3n) is 11.7. The van der Waals surface area contributed by atoms with Crippen molar-refractivity contribution in [1.29, 1.82) is 0 Å². The third-order valence-corrected chi connectivity index (χ3v) is 12.1. The van der Waals surface area contributed by atoms with Gasteiger partial charge in [-0.2, -0.15) is 0 Å². The summed E-state index contributed by atoms with van der Waals surface area (Å²) in [6.07, 6.45) is 4.02. The molecule has 64 heavy (non-hydrogen) atoms. The third kappa shape index (κ3) is 9.62. The fourth-order valence-corrected chi connectivity index (χ4v) is 8.45. The maximum Gasteiger partial charge on any atom is 0.415 e. The van der Waals surface area contributed by atoms with E-state index in [9.17, 15) is 33.6 Å². The van der Waals surface area contributed by atoms with Crippen molar-refractivity contribution < 1.29 is 38.3 Å². The Kier molecular flexibility index (Phi) is 13.0. The van der Waals surface area contributed by atoms with Crippen LogP contribution in [-0.4, -0.2) is 120 Å². The molecule has 0 aliphatic carbocycles. The van der Waals surface area contributed by atoms with Crippen LogP contribution in [0.1, 0.15) is 58.0 Å². The van der Waals surface area contributed by atoms with E-state index in [0.717, 1.165) is 34.3 Å². The Morgan fingerprint density at radius 2 is 1.52 bits per heavy atom. The number of anilines is 3. The Morgan fingerprint density at radius 1 is 0.797 bits per heavy atom. The molecule has 4 N–H and O–H groups in total. The second-order valence-electron chi connectivity index (χ2n) is 16.1. The number of nitrogens with one attached hydrogen (secondary N) is 4. The van der Waals surface area contributed by atoms with Crippen molar-refractivity contribution >= 4 is 91.9 Å². The number of imide groups is 1. The standard InChI is InChI=1S/C47H47ClN8O8/c1-53-19-21-54(22-20-53)47(63)64-39-25-38-44(35-8-5-4-7-34(35)39)31(26-48)28-56(38)46(62)37-24-30-23-33(14-15-36(30)52-37)51-45(61)29-10-12-32(13-11-29)50-41(58)27-49-40(57)9-3-2-6-18-55-42(59)16-17-43(55)60/h4-5,7-8,10-17,23-25,31,52H,2-3,6,9,18-22,26-28H2,1H3,(H,49,57)(H,50,58)(H,51,61)/t31-/m1/s1. The van der Waals surface area contributed by atoms with Crippen molar-refractivity contribution in [1.82, 2.24) is 25.0 Å². The lowest BCUT2D eigenvalue weighted by Gasteiger charge is -2.31. The summed E-state index contributed by atoms with van der Waals surface area (Å²) < 4.78 is 6.03. The molecule has 0 bridgehead atoms. The van der Waals surface area contributed by atoms with Crippen molar-refractivity contribution in [2.75, 3.05) is 74.3 Å². The van der Waals surface area contributed by atoms with Gasteiger partial charge >= 0.3 is 6.09 Å². The monoisotopic (exact) mass is 886 g/mol. The van der Waals surface area contributed by atoms with Crippen LogP contribution in [0.5, 0.6) is 5.75 Å². The molecule has 1 aromatic heterocycles. The lowest BCUT2D eigenvalue weighted by molar-refractivity contribution is -0.137. The number of H-pyrrole nitrogens is 1. The Morgan fingerprint density at radius 3 is 2.25 bits per heavy atom. The van der Waals surface area contributed by atoms with Crippen molar-refractivity contribution in [2.45, 2.75) is 31.6 Å². The van der Waals surface area contributed by atoms with Crippen LogP contribution in [0.3, 0.4) is 0 Å². The number of rotatable bonds is 14. The smallest absolute Gasteiger partial charge is 0.409 e. The predicted octanol–water partition coefficient (Wildman–Crippen LogP) is 5.84. The Labute approximate surface area is 373 Å². The highest BCUT2D eigenvalue weighted by Crippen LogP contribution is 2.46. The minimum absolute atomic E-state index is 0.154. The molecule has 0 spiro atoms. The van der Waals surface area contributed by atoms with E-state index < -0.39 is 12.0 Å². The topological polar surface area (TPSA) is 194 Å². The van der Waals surface area contributed by atoms with E-state index in [1.807, 2.05) is 31.3 Å².